The van der Waals surface area contributed by atoms with Crippen LogP contribution in [0.25, 0.3) is 10.9 Å². The van der Waals surface area contributed by atoms with E-state index in [1.54, 1.807) is 0 Å². The Bertz CT molecular complexity index is 1340. The molecule has 1 unspecified atom stereocenters. The van der Waals surface area contributed by atoms with Crippen LogP contribution in [0.15, 0.2) is 71.3 Å². The molecule has 2 heterocycles. The number of hydrogen-bond donors (Lipinski definition) is 2. The number of halogens is 1. The Morgan fingerprint density at radius 3 is 2.48 bits per heavy atom. The van der Waals surface area contributed by atoms with Gasteiger partial charge in [0.15, 0.2) is 6.23 Å². The van der Waals surface area contributed by atoms with Crippen LogP contribution in [0.4, 0.5) is 11.4 Å². The van der Waals surface area contributed by atoms with E-state index >= 15 is 0 Å². The summed E-state index contributed by atoms with van der Waals surface area (Å²) in [5, 5.41) is 14.7. The van der Waals surface area contributed by atoms with Crippen molar-refractivity contribution >= 4 is 44.2 Å². The number of anilines is 2. The highest BCUT2D eigenvalue weighted by atomic mass is 79.9. The van der Waals surface area contributed by atoms with E-state index in [4.69, 9.17) is 4.74 Å². The number of aryl methyl sites for hydroxylation is 1. The first kappa shape index (κ1) is 21.4. The lowest BCUT2D eigenvalue weighted by Gasteiger charge is -2.38. The second-order valence-corrected chi connectivity index (χ2v) is 9.03. The summed E-state index contributed by atoms with van der Waals surface area (Å²) in [7, 11) is 1.94. The van der Waals surface area contributed by atoms with Crippen molar-refractivity contribution in [1.82, 2.24) is 4.57 Å². The lowest BCUT2D eigenvalue weighted by Crippen LogP contribution is -2.41. The van der Waals surface area contributed by atoms with Crippen molar-refractivity contribution < 1.29 is 14.6 Å². The topological polar surface area (TPSA) is 66.7 Å². The summed E-state index contributed by atoms with van der Waals surface area (Å²) < 4.78 is 9.25. The fraction of sp³-hybridized carbons (Fsp3) is 0.192. The highest BCUT2D eigenvalue weighted by Crippen LogP contribution is 2.44. The molecule has 7 heteroatoms. The van der Waals surface area contributed by atoms with Crippen LogP contribution in [0.3, 0.4) is 0 Å². The fourth-order valence-corrected chi connectivity index (χ4v) is 5.37. The van der Waals surface area contributed by atoms with E-state index in [2.05, 4.69) is 26.1 Å². The predicted molar refractivity (Wildman–Crippen MR) is 134 cm³/mol. The van der Waals surface area contributed by atoms with Crippen LogP contribution in [0.1, 0.15) is 28.4 Å². The summed E-state index contributed by atoms with van der Waals surface area (Å²) in [6.45, 7) is 2.86. The SMILES string of the molecule is CC1Oc2c(C(=O)O)c(CNc3ccccc3)c3c(c(Br)cn3C)c2CN1c1ccccc1. The van der Waals surface area contributed by atoms with Gasteiger partial charge in [0, 0.05) is 52.1 Å². The van der Waals surface area contributed by atoms with Gasteiger partial charge in [-0.05, 0) is 47.1 Å². The maximum Gasteiger partial charge on any atom is 0.339 e. The number of fused-ring (bicyclic) bond motifs is 3. The van der Waals surface area contributed by atoms with E-state index in [1.165, 1.54) is 0 Å². The number of nitrogens with one attached hydrogen (secondary N) is 1. The third-order valence-corrected chi connectivity index (χ3v) is 6.73. The van der Waals surface area contributed by atoms with Gasteiger partial charge in [-0.25, -0.2) is 4.79 Å². The number of carbonyl (C=O) groups is 1. The normalized spacial score (nSPS) is 15.2. The molecule has 0 fully saturated rings. The van der Waals surface area contributed by atoms with Gasteiger partial charge in [0.25, 0.3) is 0 Å². The van der Waals surface area contributed by atoms with Crippen molar-refractivity contribution in [2.24, 2.45) is 7.05 Å². The lowest BCUT2D eigenvalue weighted by atomic mass is 9.95. The number of benzene rings is 3. The van der Waals surface area contributed by atoms with Gasteiger partial charge in [-0.3, -0.25) is 0 Å². The van der Waals surface area contributed by atoms with Crippen LogP contribution in [-0.4, -0.2) is 21.9 Å². The first-order chi connectivity index (χ1) is 16.0. The summed E-state index contributed by atoms with van der Waals surface area (Å²) in [6.07, 6.45) is 1.67. The minimum atomic E-state index is -0.990. The quantitative estimate of drug-likeness (QED) is 0.348. The van der Waals surface area contributed by atoms with Crippen molar-refractivity contribution in [3.8, 4) is 5.75 Å². The first-order valence-corrected chi connectivity index (χ1v) is 11.6. The van der Waals surface area contributed by atoms with Crippen LogP contribution in [0, 0.1) is 0 Å². The van der Waals surface area contributed by atoms with E-state index in [9.17, 15) is 9.90 Å². The van der Waals surface area contributed by atoms with Gasteiger partial charge in [0.05, 0.1) is 12.1 Å². The third-order valence-electron chi connectivity index (χ3n) is 6.13. The highest BCUT2D eigenvalue weighted by molar-refractivity contribution is 9.10. The fourth-order valence-electron chi connectivity index (χ4n) is 4.64. The average Bonchev–Trinajstić information content (AvgIpc) is 3.11. The van der Waals surface area contributed by atoms with Gasteiger partial charge in [-0.2, -0.15) is 0 Å². The molecule has 4 aromatic rings. The molecule has 168 valence electrons. The van der Waals surface area contributed by atoms with Crippen molar-refractivity contribution in [2.75, 3.05) is 10.2 Å². The summed E-state index contributed by atoms with van der Waals surface area (Å²) in [6, 6.07) is 19.8. The van der Waals surface area contributed by atoms with Crippen molar-refractivity contribution in [3.05, 3.63) is 88.0 Å². The number of para-hydroxylation sites is 2. The van der Waals surface area contributed by atoms with Crippen LogP contribution in [0.2, 0.25) is 0 Å². The molecule has 33 heavy (non-hydrogen) atoms. The number of carboxylic acid groups (broad SMARTS) is 1. The van der Waals surface area contributed by atoms with Crippen molar-refractivity contribution in [2.45, 2.75) is 26.2 Å². The second kappa shape index (κ2) is 8.48. The molecule has 0 bridgehead atoms. The van der Waals surface area contributed by atoms with Crippen LogP contribution < -0.4 is 15.0 Å². The van der Waals surface area contributed by atoms with Crippen LogP contribution >= 0.6 is 15.9 Å². The van der Waals surface area contributed by atoms with E-state index in [0.29, 0.717) is 24.4 Å². The standard InChI is InChI=1S/C26H24BrN3O3/c1-16-30(18-11-7-4-8-12-18)14-20-22-21(27)15-29(2)24(22)19(23(26(31)32)25(20)33-16)13-28-17-9-5-3-6-10-17/h3-12,15-16,28H,13-14H2,1-2H3,(H,31,32). The maximum absolute atomic E-state index is 12.6. The predicted octanol–water partition coefficient (Wildman–Crippen LogP) is 6.00. The van der Waals surface area contributed by atoms with Gasteiger partial charge in [-0.15, -0.1) is 0 Å². The Morgan fingerprint density at radius 2 is 1.82 bits per heavy atom. The average molecular weight is 506 g/mol. The molecule has 5 rings (SSSR count). The Labute approximate surface area is 200 Å². The summed E-state index contributed by atoms with van der Waals surface area (Å²) in [5.74, 6) is -0.540. The zero-order chi connectivity index (χ0) is 23.1. The third kappa shape index (κ3) is 3.72. The number of hydrogen-bond acceptors (Lipinski definition) is 4. The number of ether oxygens (including phenoxy) is 1. The Hall–Kier alpha value is -3.45. The minimum Gasteiger partial charge on any atom is -0.478 e. The Kier molecular flexibility index (Phi) is 5.50. The lowest BCUT2D eigenvalue weighted by molar-refractivity contribution is 0.0686. The number of nitrogens with zero attached hydrogens (tertiary/aromatic N) is 2. The zero-order valence-electron chi connectivity index (χ0n) is 18.4. The molecule has 1 aromatic heterocycles. The molecule has 0 saturated carbocycles. The number of rotatable bonds is 5. The largest absolute Gasteiger partial charge is 0.478 e. The van der Waals surface area contributed by atoms with Gasteiger partial charge in [0.1, 0.15) is 11.3 Å². The molecular formula is C26H24BrN3O3. The highest BCUT2D eigenvalue weighted by Gasteiger charge is 2.34. The maximum atomic E-state index is 12.6. The Morgan fingerprint density at radius 1 is 1.15 bits per heavy atom. The van der Waals surface area contributed by atoms with E-state index < -0.39 is 5.97 Å². The van der Waals surface area contributed by atoms with Gasteiger partial charge < -0.3 is 24.6 Å². The summed E-state index contributed by atoms with van der Waals surface area (Å²) >= 11 is 3.72. The molecule has 1 aliphatic heterocycles. The molecule has 1 aliphatic rings. The molecule has 2 N–H and O–H groups in total. The molecule has 6 nitrogen and oxygen atoms in total. The van der Waals surface area contributed by atoms with Crippen molar-refractivity contribution in [3.63, 3.8) is 0 Å². The number of aromatic carboxylic acids is 1. The second-order valence-electron chi connectivity index (χ2n) is 8.18. The Balaban J connectivity index is 1.70. The van der Waals surface area contributed by atoms with Crippen LogP contribution in [-0.2, 0) is 20.1 Å². The molecule has 1 atom stereocenters. The monoisotopic (exact) mass is 505 g/mol. The smallest absolute Gasteiger partial charge is 0.339 e. The molecular weight excluding hydrogens is 482 g/mol. The molecule has 0 spiro atoms. The summed E-state index contributed by atoms with van der Waals surface area (Å²) in [5.41, 5.74) is 4.64. The number of aromatic nitrogens is 1. The molecule has 0 saturated heterocycles. The molecule has 0 amide bonds. The van der Waals surface area contributed by atoms with Crippen LogP contribution in [0.5, 0.6) is 5.75 Å². The summed E-state index contributed by atoms with van der Waals surface area (Å²) in [4.78, 5) is 14.7. The first-order valence-electron chi connectivity index (χ1n) is 10.8. The van der Waals surface area contributed by atoms with E-state index in [-0.39, 0.29) is 11.8 Å². The molecule has 0 aliphatic carbocycles. The zero-order valence-corrected chi connectivity index (χ0v) is 20.0. The number of carboxylic acids is 1. The molecule has 3 aromatic carbocycles. The van der Waals surface area contributed by atoms with E-state index in [1.807, 2.05) is 85.4 Å². The van der Waals surface area contributed by atoms with Crippen molar-refractivity contribution in [1.29, 1.82) is 0 Å². The minimum absolute atomic E-state index is 0.217. The van der Waals surface area contributed by atoms with E-state index in [0.717, 1.165) is 32.3 Å². The van der Waals surface area contributed by atoms with Gasteiger partial charge in [-0.1, -0.05) is 36.4 Å². The van der Waals surface area contributed by atoms with Gasteiger partial charge in [0.2, 0.25) is 0 Å². The molecule has 0 radical (unpaired) electrons. The van der Waals surface area contributed by atoms with Gasteiger partial charge >= 0.3 is 5.97 Å².